The summed E-state index contributed by atoms with van der Waals surface area (Å²) >= 11 is 3.55. The van der Waals surface area contributed by atoms with Gasteiger partial charge in [-0.25, -0.2) is 0 Å². The lowest BCUT2D eigenvalue weighted by Gasteiger charge is -2.32. The summed E-state index contributed by atoms with van der Waals surface area (Å²) in [7, 11) is 0. The Morgan fingerprint density at radius 3 is 2.41 bits per heavy atom. The summed E-state index contributed by atoms with van der Waals surface area (Å²) in [4.78, 5) is 2.42. The van der Waals surface area contributed by atoms with Crippen LogP contribution in [-0.2, 0) is 0 Å². The monoisotopic (exact) mass is 298 g/mol. The number of halogens is 1. The molecule has 1 aromatic rings. The second-order valence-corrected chi connectivity index (χ2v) is 5.45. The standard InChI is InChI=1S/C14H23BrN2/c1-5-10(3)17(6-2)14-9-12(15)7-8-13(14)11(4)16/h7-11H,5-6,16H2,1-4H3. The van der Waals surface area contributed by atoms with Crippen LogP contribution < -0.4 is 10.6 Å². The van der Waals surface area contributed by atoms with Crippen LogP contribution in [0.1, 0.15) is 45.7 Å². The number of anilines is 1. The van der Waals surface area contributed by atoms with Gasteiger partial charge >= 0.3 is 0 Å². The second-order valence-electron chi connectivity index (χ2n) is 4.54. The Kier molecular flexibility index (Phi) is 5.47. The molecule has 1 rings (SSSR count). The van der Waals surface area contributed by atoms with E-state index in [1.54, 1.807) is 0 Å². The number of hydrogen-bond donors (Lipinski definition) is 1. The zero-order valence-corrected chi connectivity index (χ0v) is 12.8. The van der Waals surface area contributed by atoms with Gasteiger partial charge in [0.1, 0.15) is 0 Å². The van der Waals surface area contributed by atoms with Crippen molar-refractivity contribution in [3.8, 4) is 0 Å². The predicted octanol–water partition coefficient (Wildman–Crippen LogP) is 4.09. The third kappa shape index (κ3) is 3.46. The molecule has 0 fully saturated rings. The number of rotatable bonds is 5. The quantitative estimate of drug-likeness (QED) is 0.887. The van der Waals surface area contributed by atoms with Crippen LogP contribution in [0.4, 0.5) is 5.69 Å². The molecule has 96 valence electrons. The largest absolute Gasteiger partial charge is 0.369 e. The molecule has 3 heteroatoms. The molecule has 0 spiro atoms. The highest BCUT2D eigenvalue weighted by molar-refractivity contribution is 9.10. The van der Waals surface area contributed by atoms with Crippen LogP contribution in [0, 0.1) is 0 Å². The van der Waals surface area contributed by atoms with Crippen LogP contribution in [0.5, 0.6) is 0 Å². The first kappa shape index (κ1) is 14.5. The second kappa shape index (κ2) is 6.41. The molecule has 1 aromatic carbocycles. The smallest absolute Gasteiger partial charge is 0.0428 e. The van der Waals surface area contributed by atoms with E-state index in [0.717, 1.165) is 17.4 Å². The van der Waals surface area contributed by atoms with E-state index < -0.39 is 0 Å². The van der Waals surface area contributed by atoms with Gasteiger partial charge in [0.25, 0.3) is 0 Å². The normalized spacial score (nSPS) is 14.5. The highest BCUT2D eigenvalue weighted by Gasteiger charge is 2.16. The van der Waals surface area contributed by atoms with Crippen molar-refractivity contribution in [1.29, 1.82) is 0 Å². The number of benzene rings is 1. The van der Waals surface area contributed by atoms with Crippen LogP contribution in [-0.4, -0.2) is 12.6 Å². The Balaban J connectivity index is 3.20. The van der Waals surface area contributed by atoms with Gasteiger partial charge in [0.2, 0.25) is 0 Å². The molecular formula is C14H23BrN2. The average molecular weight is 299 g/mol. The molecule has 2 atom stereocenters. The maximum Gasteiger partial charge on any atom is 0.0428 e. The van der Waals surface area contributed by atoms with E-state index in [4.69, 9.17) is 5.73 Å². The highest BCUT2D eigenvalue weighted by Crippen LogP contribution is 2.30. The minimum Gasteiger partial charge on any atom is -0.369 e. The lowest BCUT2D eigenvalue weighted by atomic mass is 10.0. The summed E-state index contributed by atoms with van der Waals surface area (Å²) in [6.07, 6.45) is 1.14. The molecule has 0 saturated heterocycles. The van der Waals surface area contributed by atoms with E-state index in [1.807, 2.05) is 6.92 Å². The van der Waals surface area contributed by atoms with E-state index in [9.17, 15) is 0 Å². The molecule has 2 N–H and O–H groups in total. The molecular weight excluding hydrogens is 276 g/mol. The maximum absolute atomic E-state index is 6.06. The molecule has 0 bridgehead atoms. The maximum atomic E-state index is 6.06. The first-order chi connectivity index (χ1) is 8.01. The van der Waals surface area contributed by atoms with Crippen molar-refractivity contribution in [3.05, 3.63) is 28.2 Å². The molecule has 0 aromatic heterocycles. The number of nitrogens with zero attached hydrogens (tertiary/aromatic N) is 1. The van der Waals surface area contributed by atoms with Crippen molar-refractivity contribution in [1.82, 2.24) is 0 Å². The summed E-state index contributed by atoms with van der Waals surface area (Å²) in [5.74, 6) is 0. The minimum absolute atomic E-state index is 0.0659. The molecule has 0 heterocycles. The Morgan fingerprint density at radius 2 is 1.94 bits per heavy atom. The average Bonchev–Trinajstić information content (AvgIpc) is 2.29. The number of hydrogen-bond acceptors (Lipinski definition) is 2. The van der Waals surface area contributed by atoms with Gasteiger partial charge < -0.3 is 10.6 Å². The third-order valence-electron chi connectivity index (χ3n) is 3.26. The minimum atomic E-state index is 0.0659. The molecule has 0 aliphatic heterocycles. The Labute approximate surface area is 113 Å². The molecule has 0 amide bonds. The van der Waals surface area contributed by atoms with Crippen molar-refractivity contribution in [2.24, 2.45) is 5.73 Å². The molecule has 0 aliphatic rings. The van der Waals surface area contributed by atoms with Gasteiger partial charge in [-0.05, 0) is 44.9 Å². The van der Waals surface area contributed by atoms with Gasteiger partial charge in [0.05, 0.1) is 0 Å². The summed E-state index contributed by atoms with van der Waals surface area (Å²) in [5, 5.41) is 0. The summed E-state index contributed by atoms with van der Waals surface area (Å²) in [5.41, 5.74) is 8.53. The fraction of sp³-hybridized carbons (Fsp3) is 0.571. The van der Waals surface area contributed by atoms with Crippen LogP contribution in [0.25, 0.3) is 0 Å². The zero-order chi connectivity index (χ0) is 13.0. The van der Waals surface area contributed by atoms with Crippen molar-refractivity contribution >= 4 is 21.6 Å². The molecule has 17 heavy (non-hydrogen) atoms. The lowest BCUT2D eigenvalue weighted by molar-refractivity contribution is 0.624. The molecule has 0 aliphatic carbocycles. The first-order valence-corrected chi connectivity index (χ1v) is 7.12. The van der Waals surface area contributed by atoms with E-state index in [0.29, 0.717) is 6.04 Å². The summed E-state index contributed by atoms with van der Waals surface area (Å²) in [6.45, 7) is 9.71. The zero-order valence-electron chi connectivity index (χ0n) is 11.2. The Bertz CT molecular complexity index is 363. The summed E-state index contributed by atoms with van der Waals surface area (Å²) in [6, 6.07) is 6.96. The Hall–Kier alpha value is -0.540. The van der Waals surface area contributed by atoms with E-state index >= 15 is 0 Å². The van der Waals surface area contributed by atoms with Crippen LogP contribution in [0.3, 0.4) is 0 Å². The SMILES string of the molecule is CCC(C)N(CC)c1cc(Br)ccc1C(C)N. The van der Waals surface area contributed by atoms with Crippen LogP contribution in [0.2, 0.25) is 0 Å². The number of nitrogens with two attached hydrogens (primary N) is 1. The lowest BCUT2D eigenvalue weighted by Crippen LogP contribution is -2.33. The molecule has 0 saturated carbocycles. The first-order valence-electron chi connectivity index (χ1n) is 6.32. The Morgan fingerprint density at radius 1 is 1.29 bits per heavy atom. The topological polar surface area (TPSA) is 29.3 Å². The van der Waals surface area contributed by atoms with Gasteiger partial charge in [-0.15, -0.1) is 0 Å². The molecule has 2 unspecified atom stereocenters. The van der Waals surface area contributed by atoms with E-state index in [-0.39, 0.29) is 6.04 Å². The van der Waals surface area contributed by atoms with Crippen molar-refractivity contribution in [2.75, 3.05) is 11.4 Å². The molecule has 0 radical (unpaired) electrons. The summed E-state index contributed by atoms with van der Waals surface area (Å²) < 4.78 is 1.11. The van der Waals surface area contributed by atoms with Gasteiger partial charge in [-0.2, -0.15) is 0 Å². The third-order valence-corrected chi connectivity index (χ3v) is 3.75. The fourth-order valence-corrected chi connectivity index (χ4v) is 2.44. The van der Waals surface area contributed by atoms with Gasteiger partial charge in [0.15, 0.2) is 0 Å². The van der Waals surface area contributed by atoms with Crippen molar-refractivity contribution in [2.45, 2.75) is 46.2 Å². The fourth-order valence-electron chi connectivity index (χ4n) is 2.09. The molecule has 2 nitrogen and oxygen atoms in total. The van der Waals surface area contributed by atoms with Crippen LogP contribution >= 0.6 is 15.9 Å². The van der Waals surface area contributed by atoms with Gasteiger partial charge in [-0.3, -0.25) is 0 Å². The van der Waals surface area contributed by atoms with E-state index in [2.05, 4.69) is 59.8 Å². The van der Waals surface area contributed by atoms with Gasteiger partial charge in [-0.1, -0.05) is 28.9 Å². The predicted molar refractivity (Wildman–Crippen MR) is 79.5 cm³/mol. The van der Waals surface area contributed by atoms with E-state index in [1.165, 1.54) is 11.3 Å². The highest BCUT2D eigenvalue weighted by atomic mass is 79.9. The van der Waals surface area contributed by atoms with Crippen molar-refractivity contribution in [3.63, 3.8) is 0 Å². The van der Waals surface area contributed by atoms with Crippen LogP contribution in [0.15, 0.2) is 22.7 Å². The van der Waals surface area contributed by atoms with Crippen molar-refractivity contribution < 1.29 is 0 Å². The van der Waals surface area contributed by atoms with Gasteiger partial charge in [0, 0.05) is 28.8 Å².